The summed E-state index contributed by atoms with van der Waals surface area (Å²) in [6.45, 7) is 4.80. The van der Waals surface area contributed by atoms with E-state index in [4.69, 9.17) is 14.6 Å². The summed E-state index contributed by atoms with van der Waals surface area (Å²) >= 11 is 0. The quantitative estimate of drug-likeness (QED) is 0.317. The number of carbonyl (C=O) groups excluding carboxylic acids is 3. The van der Waals surface area contributed by atoms with E-state index in [0.29, 0.717) is 12.8 Å². The van der Waals surface area contributed by atoms with Crippen molar-refractivity contribution in [3.63, 3.8) is 0 Å². The molecule has 0 aromatic heterocycles. The number of allylic oxidation sites excluding steroid dienone is 3. The molecule has 1 saturated carbocycles. The van der Waals surface area contributed by atoms with Crippen LogP contribution in [0.1, 0.15) is 46.5 Å². The summed E-state index contributed by atoms with van der Waals surface area (Å²) < 4.78 is 11.3. The second-order valence-electron chi connectivity index (χ2n) is 8.17. The van der Waals surface area contributed by atoms with Crippen molar-refractivity contribution in [2.24, 2.45) is 11.8 Å². The van der Waals surface area contributed by atoms with Crippen molar-refractivity contribution in [2.75, 3.05) is 0 Å². The molecule has 9 heteroatoms. The third-order valence-electron chi connectivity index (χ3n) is 6.16. The highest BCUT2D eigenvalue weighted by Crippen LogP contribution is 2.55. The van der Waals surface area contributed by atoms with Crippen LogP contribution in [0.15, 0.2) is 47.0 Å². The number of hydrogen-bond donors (Lipinski definition) is 3. The second kappa shape index (κ2) is 8.38. The first-order valence-electron chi connectivity index (χ1n) is 10.4. The normalized spacial score (nSPS) is 33.2. The van der Waals surface area contributed by atoms with Crippen molar-refractivity contribution < 1.29 is 44.0 Å². The Labute approximate surface area is 184 Å². The Morgan fingerprint density at radius 2 is 1.91 bits per heavy atom. The van der Waals surface area contributed by atoms with Crippen molar-refractivity contribution in [1.29, 1.82) is 0 Å². The first kappa shape index (κ1) is 23.5. The Kier molecular flexibility index (Phi) is 6.15. The fourth-order valence-corrected chi connectivity index (χ4v) is 4.71. The van der Waals surface area contributed by atoms with Crippen LogP contribution in [-0.4, -0.2) is 50.2 Å². The van der Waals surface area contributed by atoms with Gasteiger partial charge in [0, 0.05) is 31.3 Å². The Morgan fingerprint density at radius 1 is 1.22 bits per heavy atom. The van der Waals surface area contributed by atoms with Crippen molar-refractivity contribution >= 4 is 23.5 Å². The lowest BCUT2D eigenvalue weighted by molar-refractivity contribution is -0.248. The Hall–Kier alpha value is -3.20. The number of ether oxygens (including phenoxy) is 2. The minimum Gasteiger partial charge on any atom is -0.506 e. The maximum atomic E-state index is 13.8. The topological polar surface area (TPSA) is 147 Å². The Balaban J connectivity index is 2.22. The fourth-order valence-electron chi connectivity index (χ4n) is 4.71. The van der Waals surface area contributed by atoms with Crippen LogP contribution in [0, 0.1) is 11.8 Å². The molecular formula is C23H26O9. The molecule has 172 valence electrons. The third kappa shape index (κ3) is 3.46. The molecule has 4 atom stereocenters. The zero-order chi connectivity index (χ0) is 23.8. The summed E-state index contributed by atoms with van der Waals surface area (Å²) in [5.41, 5.74) is -2.10. The standard InChI is InChI=1S/C23H26O9/c1-4-6-13-10-14(24)11-17(23(30)19(27)12(3)21(29)32-23)22(13)20(28)15(8-9-18(25)26)16(31-22)7-5-2/h4,6,8-9,13,17,27,30H,5,7,10-11H2,1-3H3,(H,25,26)/b6-4+,9-8+. The zero-order valence-corrected chi connectivity index (χ0v) is 18.1. The average Bonchev–Trinajstić information content (AvgIpc) is 3.10. The molecule has 0 aromatic rings. The smallest absolute Gasteiger partial charge is 0.340 e. The summed E-state index contributed by atoms with van der Waals surface area (Å²) in [7, 11) is 0. The van der Waals surface area contributed by atoms with Gasteiger partial charge in [-0.25, -0.2) is 9.59 Å². The second-order valence-corrected chi connectivity index (χ2v) is 8.17. The molecule has 0 bridgehead atoms. The molecule has 3 aliphatic rings. The van der Waals surface area contributed by atoms with Crippen LogP contribution in [0.4, 0.5) is 0 Å². The molecule has 1 spiro atoms. The Morgan fingerprint density at radius 3 is 2.44 bits per heavy atom. The molecule has 4 unspecified atom stereocenters. The molecule has 0 radical (unpaired) electrons. The highest BCUT2D eigenvalue weighted by Gasteiger charge is 2.69. The van der Waals surface area contributed by atoms with Gasteiger partial charge in [-0.1, -0.05) is 19.1 Å². The first-order chi connectivity index (χ1) is 15.0. The van der Waals surface area contributed by atoms with Gasteiger partial charge in [0.05, 0.1) is 17.1 Å². The molecule has 3 N–H and O–H groups in total. The van der Waals surface area contributed by atoms with Crippen LogP contribution in [0.2, 0.25) is 0 Å². The number of ketones is 2. The zero-order valence-electron chi connectivity index (χ0n) is 18.1. The molecule has 3 rings (SSSR count). The van der Waals surface area contributed by atoms with E-state index in [9.17, 15) is 29.4 Å². The van der Waals surface area contributed by atoms with Gasteiger partial charge in [0.2, 0.25) is 5.78 Å². The number of carbonyl (C=O) groups is 4. The number of aliphatic hydroxyl groups is 2. The van der Waals surface area contributed by atoms with Gasteiger partial charge < -0.3 is 24.8 Å². The van der Waals surface area contributed by atoms with Crippen molar-refractivity contribution in [1.82, 2.24) is 0 Å². The predicted octanol–water partition coefficient (Wildman–Crippen LogP) is 2.27. The summed E-state index contributed by atoms with van der Waals surface area (Å²) in [5.74, 6) is -8.67. The largest absolute Gasteiger partial charge is 0.506 e. The van der Waals surface area contributed by atoms with E-state index in [2.05, 4.69) is 0 Å². The minimum absolute atomic E-state index is 0.0104. The molecule has 2 heterocycles. The highest BCUT2D eigenvalue weighted by molar-refractivity contribution is 6.09. The molecule has 9 nitrogen and oxygen atoms in total. The summed E-state index contributed by atoms with van der Waals surface area (Å²) in [5, 5.41) is 30.9. The average molecular weight is 446 g/mol. The summed E-state index contributed by atoms with van der Waals surface area (Å²) in [4.78, 5) is 49.7. The van der Waals surface area contributed by atoms with Gasteiger partial charge in [-0.15, -0.1) is 0 Å². The van der Waals surface area contributed by atoms with Crippen molar-refractivity contribution in [3.8, 4) is 0 Å². The van der Waals surface area contributed by atoms with Gasteiger partial charge in [-0.05, 0) is 26.3 Å². The lowest BCUT2D eigenvalue weighted by atomic mass is 9.62. The summed E-state index contributed by atoms with van der Waals surface area (Å²) in [6, 6.07) is 0. The number of Topliss-reactive ketones (excluding diaryl/α,β-unsaturated/α-hetero) is 2. The van der Waals surface area contributed by atoms with E-state index in [0.717, 1.165) is 12.2 Å². The lowest BCUT2D eigenvalue weighted by Gasteiger charge is -2.48. The van der Waals surface area contributed by atoms with E-state index in [1.54, 1.807) is 19.1 Å². The molecule has 0 saturated heterocycles. The maximum absolute atomic E-state index is 13.8. The van der Waals surface area contributed by atoms with Crippen LogP contribution in [0.25, 0.3) is 0 Å². The van der Waals surface area contributed by atoms with Gasteiger partial charge >= 0.3 is 11.9 Å². The number of carboxylic acids is 1. The molecule has 32 heavy (non-hydrogen) atoms. The van der Waals surface area contributed by atoms with Gasteiger partial charge in [0.1, 0.15) is 11.5 Å². The van der Waals surface area contributed by atoms with Crippen molar-refractivity contribution in [3.05, 3.63) is 47.0 Å². The molecule has 1 aliphatic carbocycles. The monoisotopic (exact) mass is 446 g/mol. The van der Waals surface area contributed by atoms with E-state index >= 15 is 0 Å². The predicted molar refractivity (Wildman–Crippen MR) is 110 cm³/mol. The fraction of sp³-hybridized carbons (Fsp3) is 0.478. The number of hydrogen-bond acceptors (Lipinski definition) is 8. The van der Waals surface area contributed by atoms with Gasteiger partial charge in [-0.3, -0.25) is 9.59 Å². The van der Waals surface area contributed by atoms with E-state index < -0.39 is 53.1 Å². The van der Waals surface area contributed by atoms with Crippen LogP contribution in [-0.2, 0) is 28.7 Å². The van der Waals surface area contributed by atoms with Gasteiger partial charge in [-0.2, -0.15) is 0 Å². The van der Waals surface area contributed by atoms with Crippen LogP contribution in [0.5, 0.6) is 0 Å². The lowest BCUT2D eigenvalue weighted by Crippen LogP contribution is -2.63. The number of aliphatic hydroxyl groups excluding tert-OH is 1. The molecular weight excluding hydrogens is 420 g/mol. The molecule has 2 aliphatic heterocycles. The molecule has 0 amide bonds. The minimum atomic E-state index is -2.64. The Bertz CT molecular complexity index is 999. The van der Waals surface area contributed by atoms with Crippen molar-refractivity contribution in [2.45, 2.75) is 57.8 Å². The van der Waals surface area contributed by atoms with Crippen LogP contribution in [0.3, 0.4) is 0 Å². The number of aliphatic carboxylic acids is 1. The number of esters is 1. The molecule has 1 fully saturated rings. The number of cyclic esters (lactones) is 1. The number of rotatable bonds is 6. The van der Waals surface area contributed by atoms with E-state index in [-0.39, 0.29) is 29.1 Å². The SMILES string of the molecule is C/C=C/C1CC(=O)CC(C2(O)OC(=O)C(C)=C2O)C12OC(CCC)=C(/C=C/C(=O)O)C2=O. The van der Waals surface area contributed by atoms with E-state index in [1.165, 1.54) is 6.92 Å². The summed E-state index contributed by atoms with van der Waals surface area (Å²) in [6.07, 6.45) is 5.59. The highest BCUT2D eigenvalue weighted by atomic mass is 16.7. The van der Waals surface area contributed by atoms with Gasteiger partial charge in [0.15, 0.2) is 11.4 Å². The maximum Gasteiger partial charge on any atom is 0.340 e. The molecule has 0 aromatic carbocycles. The van der Waals surface area contributed by atoms with Crippen LogP contribution >= 0.6 is 0 Å². The first-order valence-corrected chi connectivity index (χ1v) is 10.4. The van der Waals surface area contributed by atoms with E-state index in [1.807, 2.05) is 6.92 Å². The van der Waals surface area contributed by atoms with Crippen LogP contribution < -0.4 is 0 Å². The van der Waals surface area contributed by atoms with Gasteiger partial charge in [0.25, 0.3) is 5.79 Å². The third-order valence-corrected chi connectivity index (χ3v) is 6.16. The number of carboxylic acid groups (broad SMARTS) is 1.